The predicted molar refractivity (Wildman–Crippen MR) is 115 cm³/mol. The molecule has 3 rings (SSSR count). The number of nitrogens with two attached hydrogens (primary N) is 1. The van der Waals surface area contributed by atoms with Gasteiger partial charge in [-0.1, -0.05) is 30.3 Å². The largest absolute Gasteiger partial charge is 1.00 e. The number of benzene rings is 1. The number of nitrogens with one attached hydrogen (secondary N) is 1. The number of esters is 1. The van der Waals surface area contributed by atoms with Crippen LogP contribution in [0, 0.1) is 0 Å². The Labute approximate surface area is 202 Å². The van der Waals surface area contributed by atoms with Crippen molar-refractivity contribution in [2.45, 2.75) is 62.2 Å². The summed E-state index contributed by atoms with van der Waals surface area (Å²) in [5.41, 5.74) is 6.65. The Kier molecular flexibility index (Phi) is 8.61. The maximum Gasteiger partial charge on any atom is 0.511 e. The van der Waals surface area contributed by atoms with E-state index in [1.165, 1.54) is 23.6 Å². The van der Waals surface area contributed by atoms with Crippen LogP contribution in [-0.4, -0.2) is 63.9 Å². The van der Waals surface area contributed by atoms with Gasteiger partial charge in [-0.2, -0.15) is 0 Å². The first-order valence-corrected chi connectivity index (χ1v) is 11.1. The first-order chi connectivity index (χ1) is 15.1. The van der Waals surface area contributed by atoms with Gasteiger partial charge in [-0.25, -0.2) is 9.59 Å². The van der Waals surface area contributed by atoms with E-state index in [-0.39, 0.29) is 19.0 Å². The van der Waals surface area contributed by atoms with Crippen molar-refractivity contribution in [1.82, 2.24) is 10.2 Å². The van der Waals surface area contributed by atoms with Gasteiger partial charge in [0, 0.05) is 11.7 Å². The third-order valence-corrected chi connectivity index (χ3v) is 6.78. The minimum atomic E-state index is -1.18. The number of β-lactam (4-membered cyclic amide) rings is 1. The Morgan fingerprint density at radius 2 is 1.85 bits per heavy atom. The number of rotatable bonds is 7. The lowest BCUT2D eigenvalue weighted by Gasteiger charge is -2.44. The minimum Gasteiger partial charge on any atom is -1.00 e. The summed E-state index contributed by atoms with van der Waals surface area (Å²) >= 11 is 1.38. The fourth-order valence-electron chi connectivity index (χ4n) is 3.72. The zero-order valence-electron chi connectivity index (χ0n) is 18.6. The SMILES string of the molecule is CCOC(=O)OC(C)OC(=O)C1N2C(=O)C(NC(=O)[C@H](N)c3ccccc3)C2SC1(C)C.[Cl-]. The summed E-state index contributed by atoms with van der Waals surface area (Å²) in [5.74, 6) is -1.58. The van der Waals surface area contributed by atoms with Crippen molar-refractivity contribution in [3.8, 4) is 0 Å². The molecule has 12 heteroatoms. The van der Waals surface area contributed by atoms with Gasteiger partial charge in [0.15, 0.2) is 0 Å². The fraction of sp³-hybridized carbons (Fsp3) is 0.524. The molecule has 182 valence electrons. The first-order valence-electron chi connectivity index (χ1n) is 10.2. The highest BCUT2D eigenvalue weighted by molar-refractivity contribution is 8.01. The smallest absolute Gasteiger partial charge is 0.511 e. The second-order valence-electron chi connectivity index (χ2n) is 7.94. The van der Waals surface area contributed by atoms with Crippen molar-refractivity contribution in [1.29, 1.82) is 0 Å². The molecule has 0 saturated carbocycles. The molecule has 2 heterocycles. The van der Waals surface area contributed by atoms with Crippen molar-refractivity contribution in [3.63, 3.8) is 0 Å². The van der Waals surface area contributed by atoms with Crippen LogP contribution >= 0.6 is 11.8 Å². The quantitative estimate of drug-likeness (QED) is 0.255. The molecule has 0 spiro atoms. The second kappa shape index (κ2) is 10.6. The normalized spacial score (nSPS) is 24.3. The molecule has 5 atom stereocenters. The average molecular weight is 501 g/mol. The number of halogens is 1. The molecule has 33 heavy (non-hydrogen) atoms. The van der Waals surface area contributed by atoms with Crippen LogP contribution in [0.1, 0.15) is 39.3 Å². The Morgan fingerprint density at radius 1 is 1.21 bits per heavy atom. The third kappa shape index (κ3) is 5.53. The topological polar surface area (TPSA) is 137 Å². The van der Waals surface area contributed by atoms with E-state index in [9.17, 15) is 19.2 Å². The van der Waals surface area contributed by atoms with Gasteiger partial charge in [-0.05, 0) is 26.3 Å². The zero-order valence-corrected chi connectivity index (χ0v) is 20.2. The van der Waals surface area contributed by atoms with Gasteiger partial charge in [-0.15, -0.1) is 11.8 Å². The standard InChI is InChI=1S/C21H27N3O7S.ClH/c1-5-29-20(28)31-11(2)30-19(27)15-21(3,4)32-18-14(17(26)24(15)18)23-16(25)13(22)12-9-7-6-8-10-12;/h6-11,13-15,18H,5,22H2,1-4H3,(H,23,25);1H/p-1/t11?,13-,14?,15?,18?;/m1./s1. The Hall–Kier alpha value is -2.50. The third-order valence-electron chi connectivity index (χ3n) is 5.21. The second-order valence-corrected chi connectivity index (χ2v) is 9.71. The van der Waals surface area contributed by atoms with Crippen molar-refractivity contribution in [2.24, 2.45) is 5.73 Å². The molecule has 0 aromatic heterocycles. The number of fused-ring (bicyclic) bond motifs is 1. The Bertz CT molecular complexity index is 901. The van der Waals surface area contributed by atoms with E-state index in [4.69, 9.17) is 15.2 Å². The van der Waals surface area contributed by atoms with Gasteiger partial charge >= 0.3 is 12.1 Å². The summed E-state index contributed by atoms with van der Waals surface area (Å²) in [4.78, 5) is 51.0. The van der Waals surface area contributed by atoms with Crippen LogP contribution < -0.4 is 23.5 Å². The summed E-state index contributed by atoms with van der Waals surface area (Å²) in [6.07, 6.45) is -2.14. The van der Waals surface area contributed by atoms with E-state index < -0.39 is 58.5 Å². The molecule has 4 unspecified atom stereocenters. The molecule has 10 nitrogen and oxygen atoms in total. The van der Waals surface area contributed by atoms with Gasteiger partial charge in [0.25, 0.3) is 0 Å². The molecular weight excluding hydrogens is 474 g/mol. The summed E-state index contributed by atoms with van der Waals surface area (Å²) in [6, 6.07) is 6.21. The Balaban J connectivity index is 0.00000385. The first kappa shape index (κ1) is 26.7. The molecule has 2 amide bonds. The van der Waals surface area contributed by atoms with Gasteiger partial charge < -0.3 is 42.6 Å². The molecule has 0 radical (unpaired) electrons. The van der Waals surface area contributed by atoms with Crippen LogP contribution in [0.2, 0.25) is 0 Å². The van der Waals surface area contributed by atoms with E-state index >= 15 is 0 Å². The summed E-state index contributed by atoms with van der Waals surface area (Å²) < 4.78 is 14.0. The predicted octanol–water partition coefficient (Wildman–Crippen LogP) is -1.70. The van der Waals surface area contributed by atoms with Crippen LogP contribution in [0.25, 0.3) is 0 Å². The summed E-state index contributed by atoms with van der Waals surface area (Å²) in [6.45, 7) is 6.74. The van der Waals surface area contributed by atoms with Crippen molar-refractivity contribution < 1.29 is 45.8 Å². The number of thioether (sulfide) groups is 1. The molecule has 2 fully saturated rings. The highest BCUT2D eigenvalue weighted by Gasteiger charge is 2.64. The molecule has 2 aliphatic rings. The molecule has 1 aromatic carbocycles. The van der Waals surface area contributed by atoms with Gasteiger partial charge in [0.1, 0.15) is 23.5 Å². The number of hydrogen-bond acceptors (Lipinski definition) is 9. The number of hydrogen-bond donors (Lipinski definition) is 2. The lowest BCUT2D eigenvalue weighted by molar-refractivity contribution is -0.180. The number of ether oxygens (including phenoxy) is 3. The zero-order chi connectivity index (χ0) is 23.6. The fourth-order valence-corrected chi connectivity index (χ4v) is 5.34. The van der Waals surface area contributed by atoms with Gasteiger partial charge in [0.05, 0.1) is 6.61 Å². The van der Waals surface area contributed by atoms with Crippen LogP contribution in [0.4, 0.5) is 4.79 Å². The molecule has 1 aromatic rings. The lowest BCUT2D eigenvalue weighted by atomic mass is 9.95. The van der Waals surface area contributed by atoms with Crippen molar-refractivity contribution >= 4 is 35.7 Å². The van der Waals surface area contributed by atoms with Crippen molar-refractivity contribution in [3.05, 3.63) is 35.9 Å². The number of carbonyl (C=O) groups is 4. The van der Waals surface area contributed by atoms with Crippen molar-refractivity contribution in [2.75, 3.05) is 6.61 Å². The lowest BCUT2D eigenvalue weighted by Crippen LogP contribution is -3.00. The maximum atomic E-state index is 12.8. The average Bonchev–Trinajstić information content (AvgIpc) is 2.99. The molecule has 0 aliphatic carbocycles. The van der Waals surface area contributed by atoms with Gasteiger partial charge in [0.2, 0.25) is 18.1 Å². The van der Waals surface area contributed by atoms with E-state index in [0.717, 1.165) is 0 Å². The van der Waals surface area contributed by atoms with E-state index in [1.807, 2.05) is 6.07 Å². The maximum absolute atomic E-state index is 12.8. The number of nitrogens with zero attached hydrogens (tertiary/aromatic N) is 1. The molecule has 2 saturated heterocycles. The van der Waals surface area contributed by atoms with E-state index in [0.29, 0.717) is 5.56 Å². The number of amides is 2. The number of carbonyl (C=O) groups excluding carboxylic acids is 4. The molecular formula is C21H27ClN3O7S-. The van der Waals surface area contributed by atoms with E-state index in [1.54, 1.807) is 45.0 Å². The van der Waals surface area contributed by atoms with Gasteiger partial charge in [-0.3, -0.25) is 9.59 Å². The summed E-state index contributed by atoms with van der Waals surface area (Å²) in [7, 11) is 0. The molecule has 3 N–H and O–H groups in total. The van der Waals surface area contributed by atoms with E-state index in [2.05, 4.69) is 10.1 Å². The van der Waals surface area contributed by atoms with Crippen LogP contribution in [0.15, 0.2) is 30.3 Å². The minimum absolute atomic E-state index is 0. The summed E-state index contributed by atoms with van der Waals surface area (Å²) in [5, 5.41) is 2.26. The monoisotopic (exact) mass is 500 g/mol. The molecule has 0 bridgehead atoms. The van der Waals surface area contributed by atoms with Crippen LogP contribution in [0.3, 0.4) is 0 Å². The highest BCUT2D eigenvalue weighted by atomic mass is 35.5. The Morgan fingerprint density at radius 3 is 2.45 bits per heavy atom. The highest BCUT2D eigenvalue weighted by Crippen LogP contribution is 2.51. The molecule has 2 aliphatic heterocycles. The van der Waals surface area contributed by atoms with Crippen LogP contribution in [-0.2, 0) is 28.6 Å². The van der Waals surface area contributed by atoms with Crippen LogP contribution in [0.5, 0.6) is 0 Å².